The lowest BCUT2D eigenvalue weighted by atomic mass is 9.83. The maximum Gasteiger partial charge on any atom is 0.136 e. The molecule has 0 saturated heterocycles. The van der Waals surface area contributed by atoms with Crippen LogP contribution in [0.3, 0.4) is 0 Å². The molecule has 0 N–H and O–H groups in total. The number of benzene rings is 8. The minimum absolute atomic E-state index is 0.915. The van der Waals surface area contributed by atoms with Crippen LogP contribution in [0.4, 0.5) is 0 Å². The molecule has 0 amide bonds. The van der Waals surface area contributed by atoms with E-state index >= 15 is 0 Å². The highest BCUT2D eigenvalue weighted by Gasteiger charge is 2.22. The Balaban J connectivity index is 1.42. The van der Waals surface area contributed by atoms with E-state index in [2.05, 4.69) is 152 Å². The maximum atomic E-state index is 6.49. The van der Waals surface area contributed by atoms with E-state index in [-0.39, 0.29) is 0 Å². The van der Waals surface area contributed by atoms with Gasteiger partial charge in [-0.1, -0.05) is 146 Å². The first-order chi connectivity index (χ1) is 21.3. The number of hydrogen-bond donors (Lipinski definition) is 0. The van der Waals surface area contributed by atoms with Gasteiger partial charge in [-0.05, 0) is 72.3 Å². The van der Waals surface area contributed by atoms with Gasteiger partial charge in [0.25, 0.3) is 0 Å². The largest absolute Gasteiger partial charge is 0.456 e. The van der Waals surface area contributed by atoms with Crippen LogP contribution in [-0.2, 0) is 0 Å². The summed E-state index contributed by atoms with van der Waals surface area (Å²) in [6.45, 7) is 0. The van der Waals surface area contributed by atoms with E-state index < -0.39 is 0 Å². The van der Waals surface area contributed by atoms with Gasteiger partial charge in [-0.3, -0.25) is 0 Å². The van der Waals surface area contributed by atoms with Crippen molar-refractivity contribution in [1.29, 1.82) is 0 Å². The molecule has 0 unspecified atom stereocenters. The van der Waals surface area contributed by atoms with E-state index in [1.165, 1.54) is 71.1 Å². The fourth-order valence-electron chi connectivity index (χ4n) is 6.98. The van der Waals surface area contributed by atoms with Gasteiger partial charge < -0.3 is 4.42 Å². The van der Waals surface area contributed by atoms with Crippen LogP contribution < -0.4 is 0 Å². The SMILES string of the molecule is c1ccc(-c2ccc(-c3c4ccccc4c(-c4c5ccccc5cc5oc6ccccc6c45)c4ccccc34)cc2)cc1. The van der Waals surface area contributed by atoms with Gasteiger partial charge in [0.15, 0.2) is 0 Å². The second-order valence-corrected chi connectivity index (χ2v) is 11.2. The van der Waals surface area contributed by atoms with Crippen LogP contribution >= 0.6 is 0 Å². The van der Waals surface area contributed by atoms with Crippen LogP contribution in [-0.4, -0.2) is 0 Å². The molecule has 0 spiro atoms. The van der Waals surface area contributed by atoms with Crippen molar-refractivity contribution >= 4 is 54.3 Å². The lowest BCUT2D eigenvalue weighted by Crippen LogP contribution is -1.92. The van der Waals surface area contributed by atoms with Crippen LogP contribution in [0.2, 0.25) is 0 Å². The molecule has 9 aromatic rings. The Morgan fingerprint density at radius 2 is 0.791 bits per heavy atom. The third kappa shape index (κ3) is 3.65. The average molecular weight is 547 g/mol. The van der Waals surface area contributed by atoms with Gasteiger partial charge in [-0.15, -0.1) is 0 Å². The molecule has 200 valence electrons. The maximum absolute atomic E-state index is 6.49. The van der Waals surface area contributed by atoms with Crippen LogP contribution in [0, 0.1) is 0 Å². The van der Waals surface area contributed by atoms with Gasteiger partial charge in [0.1, 0.15) is 11.2 Å². The summed E-state index contributed by atoms with van der Waals surface area (Å²) in [5.41, 5.74) is 9.26. The summed E-state index contributed by atoms with van der Waals surface area (Å²) in [5.74, 6) is 0. The zero-order chi connectivity index (χ0) is 28.3. The fraction of sp³-hybridized carbons (Fsp3) is 0. The minimum Gasteiger partial charge on any atom is -0.456 e. The highest BCUT2D eigenvalue weighted by Crippen LogP contribution is 2.49. The second-order valence-electron chi connectivity index (χ2n) is 11.2. The molecule has 9 rings (SSSR count). The molecular weight excluding hydrogens is 520 g/mol. The van der Waals surface area contributed by atoms with Crippen LogP contribution in [0.25, 0.3) is 87.6 Å². The first kappa shape index (κ1) is 24.0. The summed E-state index contributed by atoms with van der Waals surface area (Å²) in [5, 5.41) is 9.71. The van der Waals surface area contributed by atoms with Gasteiger partial charge >= 0.3 is 0 Å². The van der Waals surface area contributed by atoms with Crippen LogP contribution in [0.5, 0.6) is 0 Å². The standard InChI is InChI=1S/C42H26O/c1-2-12-27(13-3-1)28-22-24-29(25-23-28)39-32-16-6-8-18-34(32)40(35-19-9-7-17-33(35)39)42-31-15-5-4-14-30(31)26-38-41(42)36-20-10-11-21-37(36)43-38/h1-26H. The van der Waals surface area contributed by atoms with Crippen molar-refractivity contribution in [2.45, 2.75) is 0 Å². The first-order valence-corrected chi connectivity index (χ1v) is 14.8. The van der Waals surface area contributed by atoms with E-state index in [0.29, 0.717) is 0 Å². The first-order valence-electron chi connectivity index (χ1n) is 14.8. The minimum atomic E-state index is 0.915. The molecule has 1 nitrogen and oxygen atoms in total. The van der Waals surface area contributed by atoms with Gasteiger partial charge in [-0.2, -0.15) is 0 Å². The Morgan fingerprint density at radius 1 is 0.302 bits per heavy atom. The molecule has 0 atom stereocenters. The van der Waals surface area contributed by atoms with E-state index in [0.717, 1.165) is 16.6 Å². The quantitative estimate of drug-likeness (QED) is 0.201. The van der Waals surface area contributed by atoms with Crippen molar-refractivity contribution in [2.75, 3.05) is 0 Å². The zero-order valence-corrected chi connectivity index (χ0v) is 23.4. The summed E-state index contributed by atoms with van der Waals surface area (Å²) < 4.78 is 6.49. The summed E-state index contributed by atoms with van der Waals surface area (Å²) >= 11 is 0. The van der Waals surface area contributed by atoms with Crippen molar-refractivity contribution in [3.05, 3.63) is 158 Å². The predicted octanol–water partition coefficient (Wildman–Crippen LogP) is 12.0. The Labute approximate surface area is 249 Å². The Hall–Kier alpha value is -5.66. The average Bonchev–Trinajstić information content (AvgIpc) is 3.45. The number of rotatable bonds is 3. The summed E-state index contributed by atoms with van der Waals surface area (Å²) in [6, 6.07) is 56.7. The highest BCUT2D eigenvalue weighted by molar-refractivity contribution is 6.30. The van der Waals surface area contributed by atoms with Crippen molar-refractivity contribution < 1.29 is 4.42 Å². The lowest BCUT2D eigenvalue weighted by Gasteiger charge is -2.19. The number of fused-ring (bicyclic) bond motifs is 6. The monoisotopic (exact) mass is 546 g/mol. The van der Waals surface area contributed by atoms with E-state index in [1.54, 1.807) is 0 Å². The zero-order valence-electron chi connectivity index (χ0n) is 23.4. The normalized spacial score (nSPS) is 11.7. The molecule has 1 aromatic heterocycles. The molecule has 0 saturated carbocycles. The van der Waals surface area contributed by atoms with Crippen molar-refractivity contribution in [1.82, 2.24) is 0 Å². The smallest absolute Gasteiger partial charge is 0.136 e. The molecule has 0 aliphatic heterocycles. The summed E-state index contributed by atoms with van der Waals surface area (Å²) in [7, 11) is 0. The molecule has 43 heavy (non-hydrogen) atoms. The van der Waals surface area contributed by atoms with E-state index in [1.807, 2.05) is 6.07 Å². The van der Waals surface area contributed by atoms with Crippen molar-refractivity contribution in [3.8, 4) is 33.4 Å². The fourth-order valence-corrected chi connectivity index (χ4v) is 6.98. The molecule has 0 radical (unpaired) electrons. The summed E-state index contributed by atoms with van der Waals surface area (Å²) in [4.78, 5) is 0. The number of hydrogen-bond acceptors (Lipinski definition) is 1. The van der Waals surface area contributed by atoms with Crippen molar-refractivity contribution in [3.63, 3.8) is 0 Å². The third-order valence-corrected chi connectivity index (χ3v) is 8.85. The molecule has 1 heteroatoms. The Kier molecular flexibility index (Phi) is 5.27. The molecule has 8 aromatic carbocycles. The number of furan rings is 1. The molecule has 0 fully saturated rings. The van der Waals surface area contributed by atoms with Gasteiger partial charge in [-0.25, -0.2) is 0 Å². The van der Waals surface area contributed by atoms with Crippen molar-refractivity contribution in [2.24, 2.45) is 0 Å². The number of para-hydroxylation sites is 1. The van der Waals surface area contributed by atoms with Gasteiger partial charge in [0.05, 0.1) is 0 Å². The molecule has 1 heterocycles. The van der Waals surface area contributed by atoms with Gasteiger partial charge in [0, 0.05) is 16.3 Å². The van der Waals surface area contributed by atoms with Gasteiger partial charge in [0.2, 0.25) is 0 Å². The third-order valence-electron chi connectivity index (χ3n) is 8.85. The second kappa shape index (κ2) is 9.44. The van der Waals surface area contributed by atoms with E-state index in [9.17, 15) is 0 Å². The predicted molar refractivity (Wildman–Crippen MR) is 183 cm³/mol. The lowest BCUT2D eigenvalue weighted by molar-refractivity contribution is 0.669. The van der Waals surface area contributed by atoms with E-state index in [4.69, 9.17) is 4.42 Å². The Morgan fingerprint density at radius 3 is 1.47 bits per heavy atom. The highest BCUT2D eigenvalue weighted by atomic mass is 16.3. The molecule has 0 bridgehead atoms. The van der Waals surface area contributed by atoms with Crippen LogP contribution in [0.15, 0.2) is 162 Å². The molecular formula is C42H26O. The topological polar surface area (TPSA) is 13.1 Å². The molecule has 0 aliphatic carbocycles. The van der Waals surface area contributed by atoms with Crippen LogP contribution in [0.1, 0.15) is 0 Å². The molecule has 0 aliphatic rings. The Bertz CT molecular complexity index is 2420. The summed E-state index contributed by atoms with van der Waals surface area (Å²) in [6.07, 6.45) is 0.